The Hall–Kier alpha value is -4.34. The Morgan fingerprint density at radius 1 is 0.732 bits per heavy atom. The number of carbonyl (C=O) groups is 2. The third-order valence-electron chi connectivity index (χ3n) is 6.84. The van der Waals surface area contributed by atoms with Gasteiger partial charge in [-0.25, -0.2) is 19.9 Å². The van der Waals surface area contributed by atoms with Crippen LogP contribution in [-0.2, 0) is 6.54 Å². The second kappa shape index (κ2) is 12.4. The number of pyridine rings is 2. The molecule has 1 aromatic carbocycles. The number of nitrogens with zero attached hydrogens (tertiary/aromatic N) is 6. The highest BCUT2D eigenvalue weighted by Crippen LogP contribution is 2.24. The predicted molar refractivity (Wildman–Crippen MR) is 158 cm³/mol. The van der Waals surface area contributed by atoms with E-state index in [1.807, 2.05) is 26.0 Å². The Bertz CT molecular complexity index is 1640. The molecule has 0 bridgehead atoms. The van der Waals surface area contributed by atoms with Gasteiger partial charge in [0, 0.05) is 48.0 Å². The first kappa shape index (κ1) is 28.2. The van der Waals surface area contributed by atoms with Crippen molar-refractivity contribution in [2.24, 2.45) is 0 Å². The van der Waals surface area contributed by atoms with Crippen LogP contribution in [0.1, 0.15) is 44.9 Å². The van der Waals surface area contributed by atoms with Crippen LogP contribution in [0.5, 0.6) is 0 Å². The standard InChI is InChI=1S/C21H19ClN4O2.C9H8ClN3/c1-14-19(15-8-9-18(22)23-12-15)24-13-25(14)10-4-5-11-26-20(27)16-6-2-3-7-17(16)21(26)28;1-6-9(13-5-12-6)7-2-3-8(10)11-4-7/h2-3,6-9,12-13H,4-5,10-11H2,1H3;2-5H,1H3,(H,12,13). The van der Waals surface area contributed by atoms with E-state index < -0.39 is 0 Å². The number of amides is 2. The number of imidazole rings is 2. The molecule has 5 aromatic rings. The van der Waals surface area contributed by atoms with Gasteiger partial charge in [-0.3, -0.25) is 14.5 Å². The summed E-state index contributed by atoms with van der Waals surface area (Å²) in [6.07, 6.45) is 8.47. The van der Waals surface area contributed by atoms with Gasteiger partial charge in [-0.1, -0.05) is 35.3 Å². The Balaban J connectivity index is 0.000000216. The minimum absolute atomic E-state index is 0.197. The number of benzene rings is 1. The maximum atomic E-state index is 12.4. The minimum atomic E-state index is -0.197. The molecule has 1 aliphatic rings. The average molecular weight is 588 g/mol. The van der Waals surface area contributed by atoms with Crippen LogP contribution in [0.4, 0.5) is 0 Å². The zero-order chi connectivity index (χ0) is 28.9. The average Bonchev–Trinajstić information content (AvgIpc) is 3.64. The fourth-order valence-corrected chi connectivity index (χ4v) is 4.85. The lowest BCUT2D eigenvalue weighted by Gasteiger charge is -2.14. The van der Waals surface area contributed by atoms with Crippen LogP contribution in [0, 0.1) is 13.8 Å². The molecule has 4 aromatic heterocycles. The number of nitrogens with one attached hydrogen (secondary N) is 1. The molecule has 11 heteroatoms. The van der Waals surface area contributed by atoms with Gasteiger partial charge in [0.05, 0.1) is 35.2 Å². The van der Waals surface area contributed by atoms with E-state index in [4.69, 9.17) is 23.2 Å². The van der Waals surface area contributed by atoms with Crippen molar-refractivity contribution in [1.82, 2.24) is 34.4 Å². The molecular formula is C30H27Cl2N7O2. The van der Waals surface area contributed by atoms with Crippen molar-refractivity contribution in [1.29, 1.82) is 0 Å². The van der Waals surface area contributed by atoms with Gasteiger partial charge in [0.15, 0.2) is 0 Å². The van der Waals surface area contributed by atoms with Gasteiger partial charge in [0.25, 0.3) is 11.8 Å². The highest BCUT2D eigenvalue weighted by Gasteiger charge is 2.34. The van der Waals surface area contributed by atoms with Gasteiger partial charge < -0.3 is 9.55 Å². The quantitative estimate of drug-likeness (QED) is 0.134. The summed E-state index contributed by atoms with van der Waals surface area (Å²) in [5, 5.41) is 0.950. The zero-order valence-electron chi connectivity index (χ0n) is 22.5. The van der Waals surface area contributed by atoms with Gasteiger partial charge >= 0.3 is 0 Å². The molecule has 1 aliphatic heterocycles. The summed E-state index contributed by atoms with van der Waals surface area (Å²) in [7, 11) is 0. The van der Waals surface area contributed by atoms with Crippen LogP contribution in [0.15, 0.2) is 73.6 Å². The van der Waals surface area contributed by atoms with E-state index in [0.717, 1.165) is 53.3 Å². The molecule has 0 atom stereocenters. The molecule has 2 amide bonds. The van der Waals surface area contributed by atoms with Crippen LogP contribution < -0.4 is 0 Å². The summed E-state index contributed by atoms with van der Waals surface area (Å²) in [6.45, 7) is 5.18. The molecule has 0 saturated carbocycles. The van der Waals surface area contributed by atoms with E-state index in [0.29, 0.717) is 28.0 Å². The number of unbranched alkanes of at least 4 members (excludes halogenated alkanes) is 1. The van der Waals surface area contributed by atoms with Crippen LogP contribution in [-0.4, -0.2) is 52.7 Å². The SMILES string of the molecule is Cc1[nH]cnc1-c1ccc(Cl)nc1.Cc1c(-c2ccc(Cl)nc2)ncn1CCCCN1C(=O)c2ccccc2C1=O. The first-order chi connectivity index (χ1) is 19.8. The van der Waals surface area contributed by atoms with Gasteiger partial charge in [-0.15, -0.1) is 0 Å². The van der Waals surface area contributed by atoms with E-state index in [1.165, 1.54) is 4.90 Å². The van der Waals surface area contributed by atoms with Crippen molar-refractivity contribution in [3.05, 3.63) is 106 Å². The minimum Gasteiger partial charge on any atom is -0.348 e. The lowest BCUT2D eigenvalue weighted by molar-refractivity contribution is 0.0651. The van der Waals surface area contributed by atoms with E-state index in [1.54, 1.807) is 61.4 Å². The molecule has 0 fully saturated rings. The molecule has 41 heavy (non-hydrogen) atoms. The number of carbonyl (C=O) groups excluding carboxylic acids is 2. The highest BCUT2D eigenvalue weighted by atomic mass is 35.5. The number of halogens is 2. The number of aryl methyl sites for hydroxylation is 2. The number of hydrogen-bond donors (Lipinski definition) is 1. The second-order valence-corrected chi connectivity index (χ2v) is 10.3. The Morgan fingerprint density at radius 3 is 1.85 bits per heavy atom. The third kappa shape index (κ3) is 6.21. The fraction of sp³-hybridized carbons (Fsp3) is 0.200. The number of aromatic nitrogens is 6. The molecule has 0 saturated heterocycles. The lowest BCUT2D eigenvalue weighted by atomic mass is 10.1. The summed E-state index contributed by atoms with van der Waals surface area (Å²) in [5.74, 6) is -0.395. The smallest absolute Gasteiger partial charge is 0.261 e. The van der Waals surface area contributed by atoms with Crippen LogP contribution in [0.3, 0.4) is 0 Å². The number of imide groups is 1. The first-order valence-electron chi connectivity index (χ1n) is 13.0. The molecule has 5 heterocycles. The largest absolute Gasteiger partial charge is 0.348 e. The van der Waals surface area contributed by atoms with Crippen molar-refractivity contribution in [2.75, 3.05) is 6.54 Å². The van der Waals surface area contributed by atoms with Crippen molar-refractivity contribution < 1.29 is 9.59 Å². The molecule has 0 aliphatic carbocycles. The predicted octanol–water partition coefficient (Wildman–Crippen LogP) is 6.42. The van der Waals surface area contributed by atoms with Crippen LogP contribution in [0.2, 0.25) is 10.3 Å². The van der Waals surface area contributed by atoms with E-state index >= 15 is 0 Å². The molecule has 0 radical (unpaired) electrons. The zero-order valence-corrected chi connectivity index (χ0v) is 24.0. The summed E-state index contributed by atoms with van der Waals surface area (Å²) in [5.41, 5.74) is 6.77. The Labute approximate surface area is 247 Å². The Morgan fingerprint density at radius 2 is 1.32 bits per heavy atom. The van der Waals surface area contributed by atoms with Gasteiger partial charge in [-0.2, -0.15) is 0 Å². The van der Waals surface area contributed by atoms with Crippen molar-refractivity contribution in [2.45, 2.75) is 33.2 Å². The van der Waals surface area contributed by atoms with Gasteiger partial charge in [0.2, 0.25) is 0 Å². The van der Waals surface area contributed by atoms with E-state index in [2.05, 4.69) is 29.5 Å². The molecule has 9 nitrogen and oxygen atoms in total. The molecule has 1 N–H and O–H groups in total. The van der Waals surface area contributed by atoms with Crippen LogP contribution >= 0.6 is 23.2 Å². The van der Waals surface area contributed by atoms with Gasteiger partial charge in [0.1, 0.15) is 10.3 Å². The summed E-state index contributed by atoms with van der Waals surface area (Å²) >= 11 is 11.5. The summed E-state index contributed by atoms with van der Waals surface area (Å²) in [6, 6.07) is 14.3. The number of fused-ring (bicyclic) bond motifs is 1. The number of H-pyrrole nitrogens is 1. The molecule has 6 rings (SSSR count). The first-order valence-corrected chi connectivity index (χ1v) is 13.8. The second-order valence-electron chi connectivity index (χ2n) is 9.50. The van der Waals surface area contributed by atoms with Crippen molar-refractivity contribution in [3.8, 4) is 22.5 Å². The van der Waals surface area contributed by atoms with Crippen molar-refractivity contribution >= 4 is 35.0 Å². The van der Waals surface area contributed by atoms with Gasteiger partial charge in [-0.05, 0) is 63.1 Å². The van der Waals surface area contributed by atoms with Crippen LogP contribution in [0.25, 0.3) is 22.5 Å². The summed E-state index contributed by atoms with van der Waals surface area (Å²) in [4.78, 5) is 45.9. The van der Waals surface area contributed by atoms with E-state index in [9.17, 15) is 9.59 Å². The number of rotatable bonds is 7. The Kier molecular flexibility index (Phi) is 8.56. The molecule has 0 unspecified atom stereocenters. The maximum absolute atomic E-state index is 12.4. The highest BCUT2D eigenvalue weighted by molar-refractivity contribution is 6.29. The fourth-order valence-electron chi connectivity index (χ4n) is 4.63. The number of hydrogen-bond acceptors (Lipinski definition) is 6. The molecular weight excluding hydrogens is 561 g/mol. The normalized spacial score (nSPS) is 12.3. The lowest BCUT2D eigenvalue weighted by Crippen LogP contribution is -2.30. The summed E-state index contributed by atoms with van der Waals surface area (Å²) < 4.78 is 2.08. The number of aromatic amines is 1. The molecule has 208 valence electrons. The monoisotopic (exact) mass is 587 g/mol. The van der Waals surface area contributed by atoms with E-state index in [-0.39, 0.29) is 11.8 Å². The third-order valence-corrected chi connectivity index (χ3v) is 7.29. The maximum Gasteiger partial charge on any atom is 0.261 e. The topological polar surface area (TPSA) is 110 Å². The molecule has 0 spiro atoms. The van der Waals surface area contributed by atoms with Crippen molar-refractivity contribution in [3.63, 3.8) is 0 Å².